The molecule has 0 spiro atoms. The molecular formula is C14H26N2O. The van der Waals surface area contributed by atoms with Gasteiger partial charge >= 0.3 is 0 Å². The van der Waals surface area contributed by atoms with Gasteiger partial charge in [0.15, 0.2) is 0 Å². The van der Waals surface area contributed by atoms with E-state index in [1.54, 1.807) is 0 Å². The fourth-order valence-corrected chi connectivity index (χ4v) is 3.13. The van der Waals surface area contributed by atoms with E-state index in [0.717, 1.165) is 32.4 Å². The van der Waals surface area contributed by atoms with Crippen LogP contribution in [0.4, 0.5) is 0 Å². The van der Waals surface area contributed by atoms with Crippen molar-refractivity contribution in [3.8, 4) is 0 Å². The molecule has 1 heterocycles. The standard InChI is InChI=1S/C14H26N2O/c1-14(2)8-4-3-7-12(14)16-13(17)11-6-5-9-15-10-11/h11-12,15H,3-10H2,1-2H3,(H,16,17). The molecule has 0 bridgehead atoms. The second kappa shape index (κ2) is 5.38. The van der Waals surface area contributed by atoms with E-state index in [2.05, 4.69) is 24.5 Å². The van der Waals surface area contributed by atoms with Crippen LogP contribution >= 0.6 is 0 Å². The van der Waals surface area contributed by atoms with Crippen molar-refractivity contribution in [3.05, 3.63) is 0 Å². The summed E-state index contributed by atoms with van der Waals surface area (Å²) in [5, 5.41) is 6.61. The normalized spacial score (nSPS) is 33.1. The number of hydrogen-bond acceptors (Lipinski definition) is 2. The zero-order valence-corrected chi connectivity index (χ0v) is 11.2. The molecule has 2 unspecified atom stereocenters. The van der Waals surface area contributed by atoms with Gasteiger partial charge in [-0.3, -0.25) is 4.79 Å². The molecule has 1 aliphatic carbocycles. The predicted molar refractivity (Wildman–Crippen MR) is 69.8 cm³/mol. The Labute approximate surface area is 105 Å². The van der Waals surface area contributed by atoms with Crippen LogP contribution in [0.1, 0.15) is 52.4 Å². The van der Waals surface area contributed by atoms with E-state index < -0.39 is 0 Å². The minimum absolute atomic E-state index is 0.196. The lowest BCUT2D eigenvalue weighted by molar-refractivity contribution is -0.127. The SMILES string of the molecule is CC1(C)CCCCC1NC(=O)C1CCCNC1. The van der Waals surface area contributed by atoms with Gasteiger partial charge in [0.05, 0.1) is 5.92 Å². The van der Waals surface area contributed by atoms with Crippen molar-refractivity contribution < 1.29 is 4.79 Å². The van der Waals surface area contributed by atoms with Crippen LogP contribution in [0, 0.1) is 11.3 Å². The van der Waals surface area contributed by atoms with E-state index in [9.17, 15) is 4.79 Å². The Bertz CT molecular complexity index is 269. The first-order chi connectivity index (χ1) is 8.09. The summed E-state index contributed by atoms with van der Waals surface area (Å²) in [6.45, 7) is 6.50. The minimum Gasteiger partial charge on any atom is -0.353 e. The lowest BCUT2D eigenvalue weighted by atomic mass is 9.73. The first-order valence-electron chi connectivity index (χ1n) is 7.11. The van der Waals surface area contributed by atoms with Gasteiger partial charge in [0, 0.05) is 12.6 Å². The van der Waals surface area contributed by atoms with E-state index in [1.165, 1.54) is 19.3 Å². The monoisotopic (exact) mass is 238 g/mol. The Morgan fingerprint density at radius 2 is 2.06 bits per heavy atom. The van der Waals surface area contributed by atoms with Gasteiger partial charge in [-0.15, -0.1) is 0 Å². The quantitative estimate of drug-likeness (QED) is 0.773. The summed E-state index contributed by atoms with van der Waals surface area (Å²) in [6, 6.07) is 0.380. The highest BCUT2D eigenvalue weighted by Crippen LogP contribution is 2.35. The number of amides is 1. The Hall–Kier alpha value is -0.570. The number of carbonyl (C=O) groups is 1. The Balaban J connectivity index is 1.88. The van der Waals surface area contributed by atoms with Crippen molar-refractivity contribution in [2.24, 2.45) is 11.3 Å². The van der Waals surface area contributed by atoms with Crippen molar-refractivity contribution in [2.75, 3.05) is 13.1 Å². The van der Waals surface area contributed by atoms with E-state index in [1.807, 2.05) is 0 Å². The van der Waals surface area contributed by atoms with Gasteiger partial charge in [0.2, 0.25) is 5.91 Å². The highest BCUT2D eigenvalue weighted by atomic mass is 16.2. The molecule has 2 N–H and O–H groups in total. The van der Waals surface area contributed by atoms with Gasteiger partial charge < -0.3 is 10.6 Å². The Morgan fingerprint density at radius 3 is 2.71 bits per heavy atom. The van der Waals surface area contributed by atoms with Crippen molar-refractivity contribution in [2.45, 2.75) is 58.4 Å². The lowest BCUT2D eigenvalue weighted by Crippen LogP contribution is -2.50. The largest absolute Gasteiger partial charge is 0.353 e. The molecule has 98 valence electrons. The molecule has 1 amide bonds. The van der Waals surface area contributed by atoms with Gasteiger partial charge in [-0.2, -0.15) is 0 Å². The van der Waals surface area contributed by atoms with Gasteiger partial charge in [0.25, 0.3) is 0 Å². The molecule has 2 fully saturated rings. The molecule has 2 atom stereocenters. The summed E-state index contributed by atoms with van der Waals surface area (Å²) in [6.07, 6.45) is 7.14. The van der Waals surface area contributed by atoms with Crippen molar-refractivity contribution in [3.63, 3.8) is 0 Å². The third-order valence-corrected chi connectivity index (χ3v) is 4.49. The second-order valence-electron chi connectivity index (χ2n) is 6.34. The first kappa shape index (κ1) is 12.9. The maximum Gasteiger partial charge on any atom is 0.224 e. The van der Waals surface area contributed by atoms with Crippen LogP contribution < -0.4 is 10.6 Å². The van der Waals surface area contributed by atoms with Crippen LogP contribution in [0.2, 0.25) is 0 Å². The molecule has 0 radical (unpaired) electrons. The summed E-state index contributed by atoms with van der Waals surface area (Å²) in [5.41, 5.74) is 0.274. The number of nitrogens with one attached hydrogen (secondary N) is 2. The third-order valence-electron chi connectivity index (χ3n) is 4.49. The summed E-state index contributed by atoms with van der Waals surface area (Å²) in [4.78, 5) is 12.2. The molecule has 1 aliphatic heterocycles. The maximum absolute atomic E-state index is 12.2. The van der Waals surface area contributed by atoms with Crippen LogP contribution in [0.15, 0.2) is 0 Å². The van der Waals surface area contributed by atoms with Gasteiger partial charge in [-0.1, -0.05) is 26.7 Å². The highest BCUT2D eigenvalue weighted by Gasteiger charge is 2.34. The molecule has 3 heteroatoms. The second-order valence-corrected chi connectivity index (χ2v) is 6.34. The molecule has 17 heavy (non-hydrogen) atoms. The fourth-order valence-electron chi connectivity index (χ4n) is 3.13. The van der Waals surface area contributed by atoms with Crippen LogP contribution in [-0.2, 0) is 4.79 Å². The average molecular weight is 238 g/mol. The Kier molecular flexibility index (Phi) is 4.08. The molecule has 1 saturated carbocycles. The van der Waals surface area contributed by atoms with Gasteiger partial charge in [-0.25, -0.2) is 0 Å². The average Bonchev–Trinajstić information content (AvgIpc) is 2.33. The predicted octanol–water partition coefficient (Wildman–Crippen LogP) is 2.07. The Morgan fingerprint density at radius 1 is 1.24 bits per heavy atom. The summed E-state index contributed by atoms with van der Waals surface area (Å²) in [7, 11) is 0. The maximum atomic E-state index is 12.2. The zero-order chi connectivity index (χ0) is 12.3. The number of rotatable bonds is 2. The number of piperidine rings is 1. The van der Waals surface area contributed by atoms with Crippen LogP contribution in [-0.4, -0.2) is 25.0 Å². The van der Waals surface area contributed by atoms with Crippen molar-refractivity contribution >= 4 is 5.91 Å². The third kappa shape index (κ3) is 3.21. The van der Waals surface area contributed by atoms with Crippen molar-refractivity contribution in [1.82, 2.24) is 10.6 Å². The van der Waals surface area contributed by atoms with E-state index in [4.69, 9.17) is 0 Å². The molecule has 1 saturated heterocycles. The molecule has 0 aromatic carbocycles. The molecular weight excluding hydrogens is 212 g/mol. The topological polar surface area (TPSA) is 41.1 Å². The van der Waals surface area contributed by atoms with Gasteiger partial charge in [0.1, 0.15) is 0 Å². The van der Waals surface area contributed by atoms with Crippen LogP contribution in [0.3, 0.4) is 0 Å². The van der Waals surface area contributed by atoms with E-state index >= 15 is 0 Å². The highest BCUT2D eigenvalue weighted by molar-refractivity contribution is 5.79. The summed E-state index contributed by atoms with van der Waals surface area (Å²) >= 11 is 0. The molecule has 2 aliphatic rings. The summed E-state index contributed by atoms with van der Waals surface area (Å²) < 4.78 is 0. The lowest BCUT2D eigenvalue weighted by Gasteiger charge is -2.40. The smallest absolute Gasteiger partial charge is 0.224 e. The number of carbonyl (C=O) groups excluding carboxylic acids is 1. The first-order valence-corrected chi connectivity index (χ1v) is 7.11. The molecule has 0 aromatic heterocycles. The minimum atomic E-state index is 0.196. The van der Waals surface area contributed by atoms with E-state index in [0.29, 0.717) is 6.04 Å². The zero-order valence-electron chi connectivity index (χ0n) is 11.2. The summed E-state index contributed by atoms with van der Waals surface area (Å²) in [5.74, 6) is 0.471. The molecule has 3 nitrogen and oxygen atoms in total. The number of hydrogen-bond donors (Lipinski definition) is 2. The van der Waals surface area contributed by atoms with Crippen molar-refractivity contribution in [1.29, 1.82) is 0 Å². The van der Waals surface area contributed by atoms with Crippen LogP contribution in [0.25, 0.3) is 0 Å². The van der Waals surface area contributed by atoms with Crippen LogP contribution in [0.5, 0.6) is 0 Å². The fraction of sp³-hybridized carbons (Fsp3) is 0.929. The molecule has 0 aromatic rings. The molecule has 2 rings (SSSR count). The van der Waals surface area contributed by atoms with E-state index in [-0.39, 0.29) is 17.2 Å². The van der Waals surface area contributed by atoms with Gasteiger partial charge in [-0.05, 0) is 37.6 Å².